The van der Waals surface area contributed by atoms with Gasteiger partial charge >= 0.3 is 5.79 Å². The molecule has 16 heavy (non-hydrogen) atoms. The van der Waals surface area contributed by atoms with Crippen molar-refractivity contribution in [3.63, 3.8) is 0 Å². The second kappa shape index (κ2) is 5.26. The Labute approximate surface area is 90.7 Å². The molecule has 1 aliphatic rings. The zero-order chi connectivity index (χ0) is 12.0. The van der Waals surface area contributed by atoms with E-state index in [1.54, 1.807) is 0 Å². The molecule has 0 fully saturated rings. The second-order valence-electron chi connectivity index (χ2n) is 3.01. The molecule has 0 saturated carbocycles. The number of ether oxygens (including phenoxy) is 1. The van der Waals surface area contributed by atoms with Crippen LogP contribution in [0.25, 0.3) is 0 Å². The van der Waals surface area contributed by atoms with Gasteiger partial charge in [-0.3, -0.25) is 14.9 Å². The molecule has 0 saturated heterocycles. The summed E-state index contributed by atoms with van der Waals surface area (Å²) in [5.41, 5.74) is 0. The molecule has 9 nitrogen and oxygen atoms in total. The summed E-state index contributed by atoms with van der Waals surface area (Å²) in [6.45, 7) is 0.617. The lowest BCUT2D eigenvalue weighted by molar-refractivity contribution is -0.564. The van der Waals surface area contributed by atoms with Gasteiger partial charge in [0.15, 0.2) is 0 Å². The maximum atomic E-state index is 11.3. The van der Waals surface area contributed by atoms with Crippen molar-refractivity contribution in [3.8, 4) is 0 Å². The van der Waals surface area contributed by atoms with Crippen LogP contribution in [0.4, 0.5) is 0 Å². The number of rotatable bonds is 6. The van der Waals surface area contributed by atoms with Crippen molar-refractivity contribution >= 4 is 12.2 Å². The van der Waals surface area contributed by atoms with E-state index in [1.807, 2.05) is 0 Å². The fourth-order valence-electron chi connectivity index (χ4n) is 1.06. The number of hydrogen-bond donors (Lipinski definition) is 1. The SMILES string of the molecule is COCCNC(=O)CC1([N+](=O)[O-])N=CN=N1. The first-order valence-corrected chi connectivity index (χ1v) is 4.46. The van der Waals surface area contributed by atoms with Crippen LogP contribution in [-0.2, 0) is 9.53 Å². The van der Waals surface area contributed by atoms with Gasteiger partial charge in [-0.2, -0.15) is 4.99 Å². The van der Waals surface area contributed by atoms with E-state index in [-0.39, 0.29) is 6.54 Å². The van der Waals surface area contributed by atoms with Gasteiger partial charge in [-0.05, 0) is 0 Å². The number of methoxy groups -OCH3 is 1. The molecule has 1 rings (SSSR count). The molecule has 0 aromatic rings. The number of carbonyl (C=O) groups is 1. The van der Waals surface area contributed by atoms with E-state index in [0.29, 0.717) is 6.61 Å². The van der Waals surface area contributed by atoms with Crippen molar-refractivity contribution in [2.45, 2.75) is 12.2 Å². The Kier molecular flexibility index (Phi) is 4.00. The lowest BCUT2D eigenvalue weighted by atomic mass is 10.2. The zero-order valence-electron chi connectivity index (χ0n) is 8.62. The van der Waals surface area contributed by atoms with Crippen molar-refractivity contribution in [2.75, 3.05) is 20.3 Å². The normalized spacial score (nSPS) is 22.3. The van der Waals surface area contributed by atoms with E-state index in [9.17, 15) is 14.9 Å². The largest absolute Gasteiger partial charge is 0.438 e. The molecule has 0 radical (unpaired) electrons. The van der Waals surface area contributed by atoms with E-state index < -0.39 is 23.0 Å². The predicted octanol–water partition coefficient (Wildman–Crippen LogP) is -0.436. The third kappa shape index (κ3) is 2.79. The van der Waals surface area contributed by atoms with Crippen molar-refractivity contribution in [1.29, 1.82) is 0 Å². The van der Waals surface area contributed by atoms with Gasteiger partial charge in [0.05, 0.1) is 11.5 Å². The lowest BCUT2D eigenvalue weighted by Gasteiger charge is -2.11. The van der Waals surface area contributed by atoms with Crippen LogP contribution >= 0.6 is 0 Å². The van der Waals surface area contributed by atoms with Gasteiger partial charge in [0.1, 0.15) is 12.8 Å². The van der Waals surface area contributed by atoms with Crippen LogP contribution in [0.2, 0.25) is 0 Å². The van der Waals surface area contributed by atoms with Gasteiger partial charge in [-0.1, -0.05) is 5.11 Å². The monoisotopic (exact) mass is 229 g/mol. The number of carbonyl (C=O) groups excluding carboxylic acids is 1. The highest BCUT2D eigenvalue weighted by Gasteiger charge is 2.47. The van der Waals surface area contributed by atoms with E-state index in [1.165, 1.54) is 7.11 Å². The maximum Gasteiger partial charge on any atom is 0.438 e. The highest BCUT2D eigenvalue weighted by molar-refractivity contribution is 5.77. The van der Waals surface area contributed by atoms with Gasteiger partial charge in [0, 0.05) is 13.7 Å². The molecule has 1 N–H and O–H groups in total. The fourth-order valence-corrected chi connectivity index (χ4v) is 1.06. The first kappa shape index (κ1) is 12.2. The third-order valence-electron chi connectivity index (χ3n) is 1.85. The molecule has 1 unspecified atom stereocenters. The molecule has 1 amide bonds. The van der Waals surface area contributed by atoms with Crippen molar-refractivity contribution in [1.82, 2.24) is 5.32 Å². The summed E-state index contributed by atoms with van der Waals surface area (Å²) in [7, 11) is 1.49. The predicted molar refractivity (Wildman–Crippen MR) is 52.6 cm³/mol. The van der Waals surface area contributed by atoms with Gasteiger partial charge in [-0.15, -0.1) is 5.11 Å². The minimum absolute atomic E-state index is 0.282. The minimum Gasteiger partial charge on any atom is -0.383 e. The van der Waals surface area contributed by atoms with Gasteiger partial charge in [0.25, 0.3) is 0 Å². The van der Waals surface area contributed by atoms with Crippen LogP contribution in [0.3, 0.4) is 0 Å². The number of nitrogens with zero attached hydrogens (tertiary/aromatic N) is 4. The van der Waals surface area contributed by atoms with E-state index in [4.69, 9.17) is 4.74 Å². The molecular formula is C7H11N5O4. The second-order valence-corrected chi connectivity index (χ2v) is 3.01. The van der Waals surface area contributed by atoms with Crippen LogP contribution < -0.4 is 5.32 Å². The maximum absolute atomic E-state index is 11.3. The quantitative estimate of drug-likeness (QED) is 0.377. The Morgan fingerprint density at radius 2 is 2.44 bits per heavy atom. The van der Waals surface area contributed by atoms with E-state index >= 15 is 0 Å². The van der Waals surface area contributed by atoms with Crippen molar-refractivity contribution < 1.29 is 14.5 Å². The van der Waals surface area contributed by atoms with Crippen LogP contribution in [0.15, 0.2) is 15.2 Å². The average Bonchev–Trinajstić information content (AvgIpc) is 2.68. The lowest BCUT2D eigenvalue weighted by Crippen LogP contribution is -2.39. The first-order chi connectivity index (χ1) is 7.60. The minimum atomic E-state index is -1.99. The smallest absolute Gasteiger partial charge is 0.383 e. The standard InChI is InChI=1S/C7H11N5O4/c1-16-3-2-8-6(13)4-7(12(14)15)9-5-10-11-7/h5H,2-4H2,1H3,(H,8,13). The van der Waals surface area contributed by atoms with E-state index in [0.717, 1.165) is 6.34 Å². The van der Waals surface area contributed by atoms with Crippen molar-refractivity contribution in [3.05, 3.63) is 10.1 Å². The highest BCUT2D eigenvalue weighted by atomic mass is 16.6. The number of aliphatic imine (C=N–C) groups is 1. The summed E-state index contributed by atoms with van der Waals surface area (Å²) in [4.78, 5) is 24.8. The Morgan fingerprint density at radius 3 is 2.94 bits per heavy atom. The molecule has 0 spiro atoms. The van der Waals surface area contributed by atoms with Crippen LogP contribution in [-0.4, -0.2) is 43.2 Å². The summed E-state index contributed by atoms with van der Waals surface area (Å²) in [5.74, 6) is -2.51. The first-order valence-electron chi connectivity index (χ1n) is 4.46. The zero-order valence-corrected chi connectivity index (χ0v) is 8.62. The fraction of sp³-hybridized carbons (Fsp3) is 0.714. The number of nitrogens with one attached hydrogen (secondary N) is 1. The summed E-state index contributed by atoms with van der Waals surface area (Å²) in [6.07, 6.45) is 0.495. The molecule has 1 aliphatic heterocycles. The van der Waals surface area contributed by atoms with Crippen LogP contribution in [0.1, 0.15) is 6.42 Å². The molecule has 0 bridgehead atoms. The van der Waals surface area contributed by atoms with Gasteiger partial charge < -0.3 is 10.1 Å². The summed E-state index contributed by atoms with van der Waals surface area (Å²) >= 11 is 0. The molecular weight excluding hydrogens is 218 g/mol. The molecule has 1 heterocycles. The molecule has 1 atom stereocenters. The van der Waals surface area contributed by atoms with Crippen LogP contribution in [0, 0.1) is 10.1 Å². The average molecular weight is 229 g/mol. The van der Waals surface area contributed by atoms with Gasteiger partial charge in [0.2, 0.25) is 5.91 Å². The topological polar surface area (TPSA) is 119 Å². The third-order valence-corrected chi connectivity index (χ3v) is 1.85. The van der Waals surface area contributed by atoms with Crippen molar-refractivity contribution in [2.24, 2.45) is 15.2 Å². The Balaban J connectivity index is 2.51. The molecule has 0 aromatic heterocycles. The Morgan fingerprint density at radius 1 is 1.69 bits per heavy atom. The molecule has 0 aromatic carbocycles. The number of nitro groups is 1. The summed E-state index contributed by atoms with van der Waals surface area (Å²) in [6, 6.07) is 0. The molecule has 88 valence electrons. The summed E-state index contributed by atoms with van der Waals surface area (Å²) < 4.78 is 4.71. The number of azo groups is 1. The Bertz CT molecular complexity index is 328. The van der Waals surface area contributed by atoms with Crippen LogP contribution in [0.5, 0.6) is 0 Å². The number of amides is 1. The number of hydrogen-bond acceptors (Lipinski definition) is 7. The highest BCUT2D eigenvalue weighted by Crippen LogP contribution is 2.22. The molecule has 9 heteroatoms. The Hall–Kier alpha value is -1.90. The van der Waals surface area contributed by atoms with Gasteiger partial charge in [-0.25, -0.2) is 0 Å². The molecule has 0 aliphatic carbocycles. The summed E-state index contributed by atoms with van der Waals surface area (Å²) in [5, 5.41) is 19.8. The van der Waals surface area contributed by atoms with E-state index in [2.05, 4.69) is 20.5 Å².